The zero-order chi connectivity index (χ0) is 12.4. The van der Waals surface area contributed by atoms with E-state index < -0.39 is 0 Å². The van der Waals surface area contributed by atoms with E-state index in [4.69, 9.17) is 17.3 Å². The highest BCUT2D eigenvalue weighted by Crippen LogP contribution is 2.20. The van der Waals surface area contributed by atoms with Crippen LogP contribution in [-0.2, 0) is 7.05 Å². The second-order valence-corrected chi connectivity index (χ2v) is 4.00. The Hall–Kier alpha value is -2.01. The molecule has 0 radical (unpaired) electrons. The number of nitrogens with one attached hydrogen (secondary N) is 1. The SMILES string of the molecule is Cn1cc(NC(=O)c2ccc(N)c(Cl)c2)cn1. The zero-order valence-corrected chi connectivity index (χ0v) is 9.90. The van der Waals surface area contributed by atoms with Crippen LogP contribution in [0.4, 0.5) is 11.4 Å². The number of carbonyl (C=O) groups is 1. The summed E-state index contributed by atoms with van der Waals surface area (Å²) in [6.07, 6.45) is 3.27. The quantitative estimate of drug-likeness (QED) is 0.800. The van der Waals surface area contributed by atoms with E-state index in [1.807, 2.05) is 0 Å². The standard InChI is InChI=1S/C11H11ClN4O/c1-16-6-8(5-14-16)15-11(17)7-2-3-10(13)9(12)4-7/h2-6H,13H2,1H3,(H,15,17). The van der Waals surface area contributed by atoms with E-state index in [-0.39, 0.29) is 5.91 Å². The first-order valence-corrected chi connectivity index (χ1v) is 5.29. The molecule has 1 aromatic heterocycles. The van der Waals surface area contributed by atoms with Gasteiger partial charge in [0.1, 0.15) is 0 Å². The summed E-state index contributed by atoms with van der Waals surface area (Å²) in [5.41, 5.74) is 7.10. The van der Waals surface area contributed by atoms with Gasteiger partial charge in [-0.05, 0) is 18.2 Å². The van der Waals surface area contributed by atoms with Gasteiger partial charge in [0.2, 0.25) is 0 Å². The third kappa shape index (κ3) is 2.57. The Balaban J connectivity index is 2.17. The number of benzene rings is 1. The number of hydrogen-bond acceptors (Lipinski definition) is 3. The Labute approximate surface area is 103 Å². The van der Waals surface area contributed by atoms with Crippen LogP contribution in [0.5, 0.6) is 0 Å². The second-order valence-electron chi connectivity index (χ2n) is 3.59. The molecule has 1 heterocycles. The highest BCUT2D eigenvalue weighted by atomic mass is 35.5. The molecule has 1 aromatic carbocycles. The van der Waals surface area contributed by atoms with Crippen LogP contribution in [-0.4, -0.2) is 15.7 Å². The van der Waals surface area contributed by atoms with E-state index >= 15 is 0 Å². The van der Waals surface area contributed by atoms with E-state index in [9.17, 15) is 4.79 Å². The van der Waals surface area contributed by atoms with E-state index in [1.54, 1.807) is 36.3 Å². The van der Waals surface area contributed by atoms with Gasteiger partial charge in [-0.25, -0.2) is 0 Å². The number of nitrogens with two attached hydrogens (primary N) is 1. The van der Waals surface area contributed by atoms with Gasteiger partial charge in [-0.2, -0.15) is 5.10 Å². The van der Waals surface area contributed by atoms with Crippen molar-refractivity contribution in [3.63, 3.8) is 0 Å². The number of nitrogen functional groups attached to an aromatic ring is 1. The highest BCUT2D eigenvalue weighted by molar-refractivity contribution is 6.33. The number of anilines is 2. The number of rotatable bonds is 2. The molecule has 0 fully saturated rings. The van der Waals surface area contributed by atoms with Crippen LogP contribution < -0.4 is 11.1 Å². The Morgan fingerprint density at radius 1 is 1.53 bits per heavy atom. The molecule has 6 heteroatoms. The Bertz CT molecular complexity index is 564. The van der Waals surface area contributed by atoms with Crippen molar-refractivity contribution in [1.29, 1.82) is 0 Å². The van der Waals surface area contributed by atoms with E-state index in [0.29, 0.717) is 22.0 Å². The molecule has 0 aliphatic carbocycles. The maximum Gasteiger partial charge on any atom is 0.255 e. The fourth-order valence-corrected chi connectivity index (χ4v) is 1.54. The predicted octanol–water partition coefficient (Wildman–Crippen LogP) is 1.91. The molecule has 88 valence electrons. The van der Waals surface area contributed by atoms with Gasteiger partial charge in [0.15, 0.2) is 0 Å². The first-order chi connectivity index (χ1) is 8.06. The summed E-state index contributed by atoms with van der Waals surface area (Å²) in [4.78, 5) is 11.8. The topological polar surface area (TPSA) is 72.9 Å². The third-order valence-electron chi connectivity index (χ3n) is 2.23. The molecule has 0 saturated heterocycles. The van der Waals surface area contributed by atoms with Crippen LogP contribution in [0.3, 0.4) is 0 Å². The summed E-state index contributed by atoms with van der Waals surface area (Å²) in [6.45, 7) is 0. The normalized spacial score (nSPS) is 10.2. The van der Waals surface area contributed by atoms with Crippen molar-refractivity contribution < 1.29 is 4.79 Å². The van der Waals surface area contributed by atoms with Crippen molar-refractivity contribution in [3.05, 3.63) is 41.2 Å². The number of aromatic nitrogens is 2. The lowest BCUT2D eigenvalue weighted by molar-refractivity contribution is 0.102. The molecule has 0 atom stereocenters. The van der Waals surface area contributed by atoms with E-state index in [0.717, 1.165) is 0 Å². The predicted molar refractivity (Wildman–Crippen MR) is 67.0 cm³/mol. The van der Waals surface area contributed by atoms with Gasteiger partial charge in [0, 0.05) is 18.8 Å². The number of nitrogens with zero attached hydrogens (tertiary/aromatic N) is 2. The van der Waals surface area contributed by atoms with Crippen molar-refractivity contribution in [1.82, 2.24) is 9.78 Å². The molecular weight excluding hydrogens is 240 g/mol. The van der Waals surface area contributed by atoms with Crippen molar-refractivity contribution in [2.75, 3.05) is 11.1 Å². The monoisotopic (exact) mass is 250 g/mol. The molecule has 0 spiro atoms. The lowest BCUT2D eigenvalue weighted by atomic mass is 10.2. The number of carbonyl (C=O) groups excluding carboxylic acids is 1. The molecule has 3 N–H and O–H groups in total. The largest absolute Gasteiger partial charge is 0.398 e. The van der Waals surface area contributed by atoms with E-state index in [1.165, 1.54) is 6.07 Å². The summed E-state index contributed by atoms with van der Waals surface area (Å²) < 4.78 is 1.60. The van der Waals surface area contributed by atoms with Crippen molar-refractivity contribution in [2.24, 2.45) is 7.05 Å². The van der Waals surface area contributed by atoms with Crippen LogP contribution in [0.25, 0.3) is 0 Å². The summed E-state index contributed by atoms with van der Waals surface area (Å²) in [5, 5.41) is 7.02. The summed E-state index contributed by atoms with van der Waals surface area (Å²) in [5.74, 6) is -0.250. The van der Waals surface area contributed by atoms with Gasteiger partial charge in [-0.1, -0.05) is 11.6 Å². The molecule has 5 nitrogen and oxygen atoms in total. The van der Waals surface area contributed by atoms with Crippen LogP contribution in [0, 0.1) is 0 Å². The van der Waals surface area contributed by atoms with Gasteiger partial charge < -0.3 is 11.1 Å². The molecule has 0 aliphatic heterocycles. The minimum Gasteiger partial charge on any atom is -0.398 e. The first-order valence-electron chi connectivity index (χ1n) is 4.91. The Morgan fingerprint density at radius 3 is 2.88 bits per heavy atom. The number of hydrogen-bond donors (Lipinski definition) is 2. The smallest absolute Gasteiger partial charge is 0.255 e. The second kappa shape index (κ2) is 4.47. The molecule has 0 aliphatic rings. The maximum absolute atomic E-state index is 11.8. The van der Waals surface area contributed by atoms with Gasteiger partial charge in [0.25, 0.3) is 5.91 Å². The molecule has 0 unspecified atom stereocenters. The molecular formula is C11H11ClN4O. The fraction of sp³-hybridized carbons (Fsp3) is 0.0909. The summed E-state index contributed by atoms with van der Waals surface area (Å²) in [7, 11) is 1.77. The zero-order valence-electron chi connectivity index (χ0n) is 9.14. The van der Waals surface area contributed by atoms with E-state index in [2.05, 4.69) is 10.4 Å². The highest BCUT2D eigenvalue weighted by Gasteiger charge is 2.08. The lowest BCUT2D eigenvalue weighted by Gasteiger charge is -2.04. The molecule has 0 saturated carbocycles. The number of amides is 1. The Morgan fingerprint density at radius 2 is 2.29 bits per heavy atom. The van der Waals surface area contributed by atoms with Gasteiger partial charge in [-0.15, -0.1) is 0 Å². The summed E-state index contributed by atoms with van der Waals surface area (Å²) >= 11 is 5.84. The van der Waals surface area contributed by atoms with Gasteiger partial charge in [-0.3, -0.25) is 9.48 Å². The average Bonchev–Trinajstić information content (AvgIpc) is 2.68. The third-order valence-corrected chi connectivity index (χ3v) is 2.55. The molecule has 2 rings (SSSR count). The van der Waals surface area contributed by atoms with Crippen LogP contribution >= 0.6 is 11.6 Å². The fourth-order valence-electron chi connectivity index (χ4n) is 1.36. The first kappa shape index (κ1) is 11.5. The molecule has 2 aromatic rings. The van der Waals surface area contributed by atoms with Crippen LogP contribution in [0.15, 0.2) is 30.6 Å². The minimum absolute atomic E-state index is 0.250. The van der Waals surface area contributed by atoms with Crippen LogP contribution in [0.2, 0.25) is 5.02 Å². The van der Waals surface area contributed by atoms with Gasteiger partial charge in [0.05, 0.1) is 22.6 Å². The Kier molecular flexibility index (Phi) is 3.01. The minimum atomic E-state index is -0.250. The summed E-state index contributed by atoms with van der Waals surface area (Å²) in [6, 6.07) is 4.75. The van der Waals surface area contributed by atoms with Gasteiger partial charge >= 0.3 is 0 Å². The van der Waals surface area contributed by atoms with Crippen molar-refractivity contribution in [3.8, 4) is 0 Å². The molecule has 0 bridgehead atoms. The molecule has 1 amide bonds. The number of aryl methyl sites for hydroxylation is 1. The number of halogens is 1. The van der Waals surface area contributed by atoms with Crippen LogP contribution in [0.1, 0.15) is 10.4 Å². The maximum atomic E-state index is 11.8. The van der Waals surface area contributed by atoms with Crippen molar-refractivity contribution >= 4 is 28.9 Å². The lowest BCUT2D eigenvalue weighted by Crippen LogP contribution is -2.11. The average molecular weight is 251 g/mol. The molecule has 17 heavy (non-hydrogen) atoms. The van der Waals surface area contributed by atoms with Crippen molar-refractivity contribution in [2.45, 2.75) is 0 Å².